The van der Waals surface area contributed by atoms with Crippen molar-refractivity contribution in [2.24, 2.45) is 11.8 Å². The van der Waals surface area contributed by atoms with Gasteiger partial charge in [-0.2, -0.15) is 0 Å². The van der Waals surface area contributed by atoms with Crippen LogP contribution in [0.25, 0.3) is 0 Å². The maximum absolute atomic E-state index is 12.3. The second-order valence-corrected chi connectivity index (χ2v) is 11.1. The Morgan fingerprint density at radius 3 is 2.67 bits per heavy atom. The highest BCUT2D eigenvalue weighted by molar-refractivity contribution is 5.89. The minimum Gasteiger partial charge on any atom is -0.489 e. The molecule has 0 amide bonds. The molecule has 10 nitrogen and oxygen atoms in total. The highest BCUT2D eigenvalue weighted by Gasteiger charge is 2.44. The average molecular weight is 636 g/mol. The minimum atomic E-state index is -0.903. The zero-order chi connectivity index (χ0) is 33.5. The molecule has 4 rings (SSSR count). The number of ether oxygens (including phenoxy) is 3. The lowest BCUT2D eigenvalue weighted by atomic mass is 9.86. The predicted octanol–water partition coefficient (Wildman–Crippen LogP) is 6.37. The number of nitrogens with zero attached hydrogens (tertiary/aromatic N) is 1. The largest absolute Gasteiger partial charge is 0.489 e. The van der Waals surface area contributed by atoms with Crippen molar-refractivity contribution in [2.45, 2.75) is 91.0 Å². The Bertz CT molecular complexity index is 1410. The third-order valence-electron chi connectivity index (χ3n) is 8.05. The highest BCUT2D eigenvalue weighted by Crippen LogP contribution is 2.52. The number of aliphatic hydroxyl groups is 1. The number of hydrogen-bond donors (Lipinski definition) is 1. The summed E-state index contributed by atoms with van der Waals surface area (Å²) in [5.74, 6) is 6.46. The number of carbonyl (C=O) groups excluding carboxylic acids is 2. The van der Waals surface area contributed by atoms with Gasteiger partial charge >= 0.3 is 11.9 Å². The SMILES string of the molecule is CC.CC#CCC(C)C(O)/C=C/C1CCC2Oc3c(CCCC(=O)OCCOC(=O)c4cccc(CO[N+](=O)[O-])c4)cccc3C12. The number of allylic oxidation sites excluding steroid dienone is 1. The quantitative estimate of drug-likeness (QED) is 0.0592. The molecule has 1 N–H and O–H groups in total. The standard InChI is InChI=1S/C34H39NO9.C2H6/c1-3-4-8-23(2)29(36)17-15-25-16-18-30-32(25)28-13-6-10-26(33(28)44-30)11-7-14-31(37)41-19-20-42-34(38)27-12-5-9-24(21-27)22-43-35(39)40;1-2/h5-6,9-10,12-13,15,17,21,23,25,29-30,32,36H,7-8,11,14,16,18-20,22H2,1-2H3;1-2H3/b17-15+;. The van der Waals surface area contributed by atoms with Gasteiger partial charge in [0.15, 0.2) is 0 Å². The first-order valence-electron chi connectivity index (χ1n) is 16.0. The van der Waals surface area contributed by atoms with Crippen molar-refractivity contribution in [3.8, 4) is 17.6 Å². The van der Waals surface area contributed by atoms with Crippen LogP contribution in [0.2, 0.25) is 0 Å². The second kappa shape index (κ2) is 18.6. The predicted molar refractivity (Wildman–Crippen MR) is 172 cm³/mol. The van der Waals surface area contributed by atoms with Crippen molar-refractivity contribution in [2.75, 3.05) is 13.2 Å². The van der Waals surface area contributed by atoms with E-state index in [1.807, 2.05) is 39.0 Å². The normalized spacial score (nSPS) is 18.8. The van der Waals surface area contributed by atoms with Gasteiger partial charge in [-0.25, -0.2) is 4.79 Å². The smallest absolute Gasteiger partial charge is 0.338 e. The number of aryl methyl sites for hydroxylation is 1. The molecule has 0 bridgehead atoms. The van der Waals surface area contributed by atoms with Crippen LogP contribution in [0.15, 0.2) is 54.6 Å². The molecule has 5 atom stereocenters. The monoisotopic (exact) mass is 635 g/mol. The van der Waals surface area contributed by atoms with E-state index in [2.05, 4.69) is 28.8 Å². The molecule has 1 saturated carbocycles. The van der Waals surface area contributed by atoms with Crippen LogP contribution in [0, 0.1) is 33.8 Å². The van der Waals surface area contributed by atoms with E-state index >= 15 is 0 Å². The molecule has 0 spiro atoms. The summed E-state index contributed by atoms with van der Waals surface area (Å²) >= 11 is 0. The van der Waals surface area contributed by atoms with Crippen molar-refractivity contribution >= 4 is 11.9 Å². The third-order valence-corrected chi connectivity index (χ3v) is 8.05. The van der Waals surface area contributed by atoms with E-state index in [-0.39, 0.29) is 55.7 Å². The summed E-state index contributed by atoms with van der Waals surface area (Å²) in [6, 6.07) is 12.3. The molecule has 0 saturated heterocycles. The lowest BCUT2D eigenvalue weighted by molar-refractivity contribution is -0.763. The van der Waals surface area contributed by atoms with Crippen LogP contribution in [0.3, 0.4) is 0 Å². The van der Waals surface area contributed by atoms with Gasteiger partial charge in [0.05, 0.1) is 11.7 Å². The Balaban J connectivity index is 0.00000282. The van der Waals surface area contributed by atoms with Crippen LogP contribution in [0.1, 0.15) is 92.8 Å². The van der Waals surface area contributed by atoms with E-state index in [0.717, 1.165) is 24.2 Å². The molecule has 0 radical (unpaired) electrons. The fourth-order valence-corrected chi connectivity index (χ4v) is 5.74. The Kier molecular flexibility index (Phi) is 14.6. The number of esters is 2. The van der Waals surface area contributed by atoms with Gasteiger partial charge in [-0.3, -0.25) is 4.79 Å². The Hall–Kier alpha value is -4.36. The lowest BCUT2D eigenvalue weighted by Gasteiger charge is -2.17. The van der Waals surface area contributed by atoms with Crippen LogP contribution < -0.4 is 4.74 Å². The number of aliphatic hydroxyl groups excluding tert-OH is 1. The summed E-state index contributed by atoms with van der Waals surface area (Å²) < 4.78 is 16.8. The van der Waals surface area contributed by atoms with Gasteiger partial charge in [0.25, 0.3) is 5.09 Å². The molecule has 5 unspecified atom stereocenters. The molecule has 10 heteroatoms. The van der Waals surface area contributed by atoms with Crippen LogP contribution in [-0.2, 0) is 32.1 Å². The summed E-state index contributed by atoms with van der Waals surface area (Å²) in [5.41, 5.74) is 2.93. The summed E-state index contributed by atoms with van der Waals surface area (Å²) in [6.07, 6.45) is 7.75. The molecule has 1 heterocycles. The van der Waals surface area contributed by atoms with Gasteiger partial charge in [0.1, 0.15) is 31.7 Å². The molecule has 0 aromatic heterocycles. The number of hydrogen-bond acceptors (Lipinski definition) is 9. The molecule has 1 aliphatic heterocycles. The number of carbonyl (C=O) groups is 2. The summed E-state index contributed by atoms with van der Waals surface area (Å²) in [7, 11) is 0. The Morgan fingerprint density at radius 1 is 1.15 bits per heavy atom. The van der Waals surface area contributed by atoms with Crippen molar-refractivity contribution < 1.29 is 38.8 Å². The third kappa shape index (κ3) is 10.3. The lowest BCUT2D eigenvalue weighted by Crippen LogP contribution is -2.17. The molecule has 1 aliphatic carbocycles. The number of benzene rings is 2. The molecule has 2 aliphatic rings. The van der Waals surface area contributed by atoms with E-state index < -0.39 is 17.2 Å². The zero-order valence-electron chi connectivity index (χ0n) is 27.1. The van der Waals surface area contributed by atoms with Gasteiger partial charge < -0.3 is 24.2 Å². The minimum absolute atomic E-state index is 0.0731. The van der Waals surface area contributed by atoms with Gasteiger partial charge in [-0.05, 0) is 67.7 Å². The topological polar surface area (TPSA) is 134 Å². The molecule has 46 heavy (non-hydrogen) atoms. The number of fused-ring (bicyclic) bond motifs is 3. The molecule has 2 aromatic rings. The molecule has 1 fully saturated rings. The van der Waals surface area contributed by atoms with Gasteiger partial charge in [0.2, 0.25) is 0 Å². The summed E-state index contributed by atoms with van der Waals surface area (Å²) in [4.78, 5) is 39.2. The van der Waals surface area contributed by atoms with E-state index in [0.29, 0.717) is 30.7 Å². The van der Waals surface area contributed by atoms with Gasteiger partial charge in [0, 0.05) is 24.3 Å². The van der Waals surface area contributed by atoms with Crippen LogP contribution in [0.4, 0.5) is 0 Å². The van der Waals surface area contributed by atoms with Crippen molar-refractivity contribution in [3.63, 3.8) is 0 Å². The molecular weight excluding hydrogens is 590 g/mol. The maximum Gasteiger partial charge on any atom is 0.338 e. The molecule has 248 valence electrons. The first-order valence-corrected chi connectivity index (χ1v) is 16.0. The highest BCUT2D eigenvalue weighted by atomic mass is 16.9. The summed E-state index contributed by atoms with van der Waals surface area (Å²) in [5, 5.41) is 20.0. The van der Waals surface area contributed by atoms with Crippen molar-refractivity contribution in [1.29, 1.82) is 0 Å². The van der Waals surface area contributed by atoms with Crippen LogP contribution in [0.5, 0.6) is 5.75 Å². The Labute approximate surface area is 271 Å². The fourth-order valence-electron chi connectivity index (χ4n) is 5.74. The fraction of sp³-hybridized carbons (Fsp3) is 0.500. The number of rotatable bonds is 15. The van der Waals surface area contributed by atoms with E-state index in [1.165, 1.54) is 17.7 Å². The van der Waals surface area contributed by atoms with E-state index in [1.54, 1.807) is 19.1 Å². The first-order chi connectivity index (χ1) is 22.3. The molecule has 2 aromatic carbocycles. The van der Waals surface area contributed by atoms with Gasteiger partial charge in [-0.15, -0.1) is 22.0 Å². The first kappa shape index (κ1) is 36.1. The Morgan fingerprint density at radius 2 is 1.91 bits per heavy atom. The molecular formula is C36H45NO9. The average Bonchev–Trinajstić information content (AvgIpc) is 3.64. The van der Waals surface area contributed by atoms with Crippen LogP contribution >= 0.6 is 0 Å². The van der Waals surface area contributed by atoms with E-state index in [4.69, 9.17) is 14.2 Å². The van der Waals surface area contributed by atoms with Crippen molar-refractivity contribution in [1.82, 2.24) is 0 Å². The summed E-state index contributed by atoms with van der Waals surface area (Å²) in [6.45, 7) is 7.35. The van der Waals surface area contributed by atoms with E-state index in [9.17, 15) is 24.8 Å². The van der Waals surface area contributed by atoms with Gasteiger partial charge in [-0.1, -0.05) is 63.3 Å². The zero-order valence-corrected chi connectivity index (χ0v) is 27.1. The van der Waals surface area contributed by atoms with Crippen LogP contribution in [-0.4, -0.2) is 47.6 Å². The van der Waals surface area contributed by atoms with Crippen molar-refractivity contribution in [3.05, 3.63) is 87.0 Å². The second-order valence-electron chi connectivity index (χ2n) is 11.1. The number of para-hydroxylation sites is 1. The maximum atomic E-state index is 12.3.